The monoisotopic (exact) mass is 419 g/mol. The van der Waals surface area contributed by atoms with Crippen LogP contribution in [0.15, 0.2) is 54.6 Å². The van der Waals surface area contributed by atoms with Crippen LogP contribution in [0, 0.1) is 13.8 Å². The first-order valence-electron chi connectivity index (χ1n) is 11.0. The molecule has 5 heteroatoms. The zero-order valence-electron chi connectivity index (χ0n) is 18.9. The number of carbonyl (C=O) groups excluding carboxylic acids is 1. The summed E-state index contributed by atoms with van der Waals surface area (Å²) in [6, 6.07) is 14.5. The van der Waals surface area contributed by atoms with Gasteiger partial charge in [-0.3, -0.25) is 4.79 Å². The number of imidazole rings is 1. The van der Waals surface area contributed by atoms with Gasteiger partial charge in [0.1, 0.15) is 18.2 Å². The summed E-state index contributed by atoms with van der Waals surface area (Å²) in [4.78, 5) is 16.4. The Balaban J connectivity index is 1.58. The van der Waals surface area contributed by atoms with Gasteiger partial charge in [-0.15, -0.1) is 0 Å². The molecule has 0 aliphatic rings. The molecule has 2 aromatic carbocycles. The fraction of sp³-hybridized carbons (Fsp3) is 0.385. The minimum Gasteiger partial charge on any atom is -0.491 e. The van der Waals surface area contributed by atoms with Crippen molar-refractivity contribution in [3.63, 3.8) is 0 Å². The first-order valence-corrected chi connectivity index (χ1v) is 11.0. The summed E-state index contributed by atoms with van der Waals surface area (Å²) in [5.41, 5.74) is 5.05. The van der Waals surface area contributed by atoms with Gasteiger partial charge in [0.05, 0.1) is 17.6 Å². The number of unbranched alkanes of at least 4 members (excludes halogenated alkanes) is 2. The molecule has 5 nitrogen and oxygen atoms in total. The number of para-hydroxylation sites is 3. The van der Waals surface area contributed by atoms with Crippen LogP contribution >= 0.6 is 0 Å². The molecule has 0 bridgehead atoms. The third kappa shape index (κ3) is 5.97. The van der Waals surface area contributed by atoms with Gasteiger partial charge in [-0.1, -0.05) is 43.3 Å². The Morgan fingerprint density at radius 2 is 1.81 bits per heavy atom. The van der Waals surface area contributed by atoms with Gasteiger partial charge in [-0.05, 0) is 56.9 Å². The molecule has 1 heterocycles. The van der Waals surface area contributed by atoms with Crippen molar-refractivity contribution in [2.75, 3.05) is 13.2 Å². The van der Waals surface area contributed by atoms with Gasteiger partial charge in [-0.2, -0.15) is 0 Å². The molecule has 0 spiro atoms. The quantitative estimate of drug-likeness (QED) is 0.346. The Morgan fingerprint density at radius 3 is 2.55 bits per heavy atom. The van der Waals surface area contributed by atoms with E-state index in [4.69, 9.17) is 9.72 Å². The number of carbonyl (C=O) groups is 1. The topological polar surface area (TPSA) is 56.2 Å². The lowest BCUT2D eigenvalue weighted by molar-refractivity contribution is -0.117. The van der Waals surface area contributed by atoms with E-state index in [1.807, 2.05) is 6.07 Å². The van der Waals surface area contributed by atoms with Crippen LogP contribution in [0.4, 0.5) is 0 Å². The van der Waals surface area contributed by atoms with Crippen molar-refractivity contribution in [2.24, 2.45) is 0 Å². The van der Waals surface area contributed by atoms with Crippen LogP contribution in [0.1, 0.15) is 43.1 Å². The molecule has 0 saturated heterocycles. The predicted molar refractivity (Wildman–Crippen MR) is 127 cm³/mol. The normalized spacial score (nSPS) is 10.9. The lowest BCUT2D eigenvalue weighted by Gasteiger charge is -2.14. The molecular formula is C26H33N3O2. The highest BCUT2D eigenvalue weighted by molar-refractivity contribution is 5.92. The minimum absolute atomic E-state index is 0.0642. The van der Waals surface area contributed by atoms with Crippen molar-refractivity contribution >= 4 is 16.9 Å². The first-order chi connectivity index (χ1) is 15.0. The second-order valence-corrected chi connectivity index (χ2v) is 8.08. The number of amides is 1. The maximum Gasteiger partial charge on any atom is 0.246 e. The summed E-state index contributed by atoms with van der Waals surface area (Å²) in [5.74, 6) is 2.01. The SMILES string of the molecule is C=C(C)C(=O)NCCCCCc1nc2ccccc2n1CCOc1c(C)cccc1C. The molecule has 1 aromatic heterocycles. The number of aromatic nitrogens is 2. The lowest BCUT2D eigenvalue weighted by Crippen LogP contribution is -2.24. The molecule has 0 atom stereocenters. The van der Waals surface area contributed by atoms with Crippen molar-refractivity contribution in [1.29, 1.82) is 0 Å². The Morgan fingerprint density at radius 1 is 1.06 bits per heavy atom. The predicted octanol–water partition coefficient (Wildman–Crippen LogP) is 5.14. The molecule has 3 rings (SSSR count). The van der Waals surface area contributed by atoms with Gasteiger partial charge in [0, 0.05) is 18.5 Å². The summed E-state index contributed by atoms with van der Waals surface area (Å²) in [5, 5.41) is 2.89. The summed E-state index contributed by atoms with van der Waals surface area (Å²) >= 11 is 0. The molecule has 1 N–H and O–H groups in total. The van der Waals surface area contributed by atoms with Crippen molar-refractivity contribution < 1.29 is 9.53 Å². The third-order valence-corrected chi connectivity index (χ3v) is 5.45. The summed E-state index contributed by atoms with van der Waals surface area (Å²) < 4.78 is 8.43. The number of rotatable bonds is 11. The number of hydrogen-bond donors (Lipinski definition) is 1. The first kappa shape index (κ1) is 22.6. The molecule has 3 aromatic rings. The highest BCUT2D eigenvalue weighted by Gasteiger charge is 2.11. The molecule has 0 aliphatic heterocycles. The van der Waals surface area contributed by atoms with Crippen LogP contribution in [0.25, 0.3) is 11.0 Å². The summed E-state index contributed by atoms with van der Waals surface area (Å²) in [7, 11) is 0. The van der Waals surface area contributed by atoms with Crippen LogP contribution < -0.4 is 10.1 Å². The van der Waals surface area contributed by atoms with Gasteiger partial charge in [0.15, 0.2) is 0 Å². The number of nitrogens with zero attached hydrogens (tertiary/aromatic N) is 2. The highest BCUT2D eigenvalue weighted by atomic mass is 16.5. The van der Waals surface area contributed by atoms with Crippen molar-refractivity contribution in [2.45, 2.75) is 53.0 Å². The molecule has 0 radical (unpaired) electrons. The van der Waals surface area contributed by atoms with Crippen LogP contribution in [-0.4, -0.2) is 28.6 Å². The van der Waals surface area contributed by atoms with E-state index in [-0.39, 0.29) is 5.91 Å². The number of hydrogen-bond acceptors (Lipinski definition) is 3. The Kier molecular flexibility index (Phi) is 7.88. The summed E-state index contributed by atoms with van der Waals surface area (Å²) in [6.07, 6.45) is 3.93. The largest absolute Gasteiger partial charge is 0.491 e. The molecule has 0 fully saturated rings. The van der Waals surface area contributed by atoms with Gasteiger partial charge < -0.3 is 14.6 Å². The molecular weight excluding hydrogens is 386 g/mol. The lowest BCUT2D eigenvalue weighted by atomic mass is 10.1. The summed E-state index contributed by atoms with van der Waals surface area (Å²) in [6.45, 7) is 11.6. The number of fused-ring (bicyclic) bond motifs is 1. The Bertz CT molecular complexity index is 1030. The van der Waals surface area contributed by atoms with E-state index in [0.29, 0.717) is 18.7 Å². The van der Waals surface area contributed by atoms with Crippen LogP contribution in [0.3, 0.4) is 0 Å². The van der Waals surface area contributed by atoms with Gasteiger partial charge in [0.2, 0.25) is 5.91 Å². The van der Waals surface area contributed by atoms with E-state index >= 15 is 0 Å². The van der Waals surface area contributed by atoms with E-state index in [1.165, 1.54) is 0 Å². The zero-order chi connectivity index (χ0) is 22.2. The molecule has 0 aliphatic carbocycles. The molecule has 1 amide bonds. The number of aryl methyl sites for hydroxylation is 3. The second-order valence-electron chi connectivity index (χ2n) is 8.08. The number of ether oxygens (including phenoxy) is 1. The van der Waals surface area contributed by atoms with E-state index in [0.717, 1.165) is 66.0 Å². The van der Waals surface area contributed by atoms with Crippen LogP contribution in [0.2, 0.25) is 0 Å². The third-order valence-electron chi connectivity index (χ3n) is 5.45. The van der Waals surface area contributed by atoms with Crippen molar-refractivity contribution in [1.82, 2.24) is 14.9 Å². The Labute approximate surface area is 185 Å². The molecule has 164 valence electrons. The Hall–Kier alpha value is -3.08. The van der Waals surface area contributed by atoms with E-state index < -0.39 is 0 Å². The van der Waals surface area contributed by atoms with E-state index in [2.05, 4.69) is 66.7 Å². The molecule has 0 saturated carbocycles. The van der Waals surface area contributed by atoms with Gasteiger partial charge in [0.25, 0.3) is 0 Å². The van der Waals surface area contributed by atoms with E-state index in [9.17, 15) is 4.79 Å². The van der Waals surface area contributed by atoms with E-state index in [1.54, 1.807) is 6.92 Å². The smallest absolute Gasteiger partial charge is 0.246 e. The average Bonchev–Trinajstić information content (AvgIpc) is 3.10. The van der Waals surface area contributed by atoms with Gasteiger partial charge in [-0.25, -0.2) is 4.98 Å². The zero-order valence-corrected chi connectivity index (χ0v) is 18.9. The highest BCUT2D eigenvalue weighted by Crippen LogP contribution is 2.23. The minimum atomic E-state index is -0.0642. The average molecular weight is 420 g/mol. The maximum absolute atomic E-state index is 11.6. The fourth-order valence-corrected chi connectivity index (χ4v) is 3.77. The van der Waals surface area contributed by atoms with Gasteiger partial charge >= 0.3 is 0 Å². The van der Waals surface area contributed by atoms with Crippen LogP contribution in [0.5, 0.6) is 5.75 Å². The van der Waals surface area contributed by atoms with Crippen molar-refractivity contribution in [3.05, 3.63) is 71.6 Å². The number of nitrogens with one attached hydrogen (secondary N) is 1. The maximum atomic E-state index is 11.6. The second kappa shape index (κ2) is 10.8. The fourth-order valence-electron chi connectivity index (χ4n) is 3.77. The van der Waals surface area contributed by atoms with Crippen LogP contribution in [-0.2, 0) is 17.8 Å². The molecule has 0 unspecified atom stereocenters. The number of benzene rings is 2. The molecule has 31 heavy (non-hydrogen) atoms. The van der Waals surface area contributed by atoms with Crippen molar-refractivity contribution in [3.8, 4) is 5.75 Å². The standard InChI is InChI=1S/C26H33N3O2/c1-19(2)26(30)27-16-9-5-6-15-24-28-22-13-7-8-14-23(22)29(24)17-18-31-25-20(3)11-10-12-21(25)4/h7-8,10-14H,1,5-6,9,15-18H2,2-4H3,(H,27,30).